The predicted octanol–water partition coefficient (Wildman–Crippen LogP) is 0.0343. The normalized spacial score (nSPS) is 22.4. The Labute approximate surface area is 107 Å². The number of anilines is 1. The molecule has 0 amide bonds. The van der Waals surface area contributed by atoms with Crippen molar-refractivity contribution in [1.82, 2.24) is 14.1 Å². The summed E-state index contributed by atoms with van der Waals surface area (Å²) in [6.07, 6.45) is 3.44. The van der Waals surface area contributed by atoms with E-state index >= 15 is 0 Å². The Morgan fingerprint density at radius 1 is 1.22 bits per heavy atom. The zero-order valence-electron chi connectivity index (χ0n) is 10.5. The fourth-order valence-electron chi connectivity index (χ4n) is 2.43. The second-order valence-electron chi connectivity index (χ2n) is 4.94. The van der Waals surface area contributed by atoms with Gasteiger partial charge in [-0.25, -0.2) is 8.42 Å². The van der Waals surface area contributed by atoms with Crippen LogP contribution in [-0.2, 0) is 17.1 Å². The molecule has 1 saturated heterocycles. The molecule has 2 fully saturated rings. The minimum absolute atomic E-state index is 0.0965. The minimum Gasteiger partial charge on any atom is -0.354 e. The molecule has 1 saturated carbocycles. The van der Waals surface area contributed by atoms with E-state index in [4.69, 9.17) is 0 Å². The van der Waals surface area contributed by atoms with Crippen molar-refractivity contribution >= 4 is 15.8 Å². The fraction of sp³-hybridized carbons (Fsp3) is 0.727. The Hall–Kier alpha value is -1.08. The SMILES string of the molecule is Cn1nccc1N1CCN(S(=O)(=O)C2CC2)CC1. The summed E-state index contributed by atoms with van der Waals surface area (Å²) >= 11 is 0. The van der Waals surface area contributed by atoms with Crippen LogP contribution in [0.4, 0.5) is 5.82 Å². The largest absolute Gasteiger partial charge is 0.354 e. The van der Waals surface area contributed by atoms with Gasteiger partial charge in [-0.05, 0) is 12.8 Å². The molecule has 1 aromatic heterocycles. The van der Waals surface area contributed by atoms with Crippen LogP contribution >= 0.6 is 0 Å². The third-order valence-electron chi connectivity index (χ3n) is 3.66. The van der Waals surface area contributed by atoms with Crippen LogP contribution in [-0.4, -0.2) is 53.9 Å². The Morgan fingerprint density at radius 2 is 1.89 bits per heavy atom. The third kappa shape index (κ3) is 2.01. The highest BCUT2D eigenvalue weighted by Gasteiger charge is 2.41. The average molecular weight is 270 g/mol. The van der Waals surface area contributed by atoms with E-state index in [1.54, 1.807) is 10.5 Å². The van der Waals surface area contributed by atoms with Crippen molar-refractivity contribution < 1.29 is 8.42 Å². The van der Waals surface area contributed by atoms with Gasteiger partial charge in [0.15, 0.2) is 0 Å². The molecule has 18 heavy (non-hydrogen) atoms. The van der Waals surface area contributed by atoms with Crippen molar-refractivity contribution in [2.24, 2.45) is 7.05 Å². The van der Waals surface area contributed by atoms with Crippen molar-refractivity contribution in [2.45, 2.75) is 18.1 Å². The van der Waals surface area contributed by atoms with E-state index in [0.29, 0.717) is 13.1 Å². The van der Waals surface area contributed by atoms with Gasteiger partial charge in [0.1, 0.15) is 5.82 Å². The highest BCUT2D eigenvalue weighted by atomic mass is 32.2. The van der Waals surface area contributed by atoms with Crippen LogP contribution in [0.3, 0.4) is 0 Å². The first-order valence-corrected chi connectivity index (χ1v) is 7.81. The zero-order valence-corrected chi connectivity index (χ0v) is 11.3. The predicted molar refractivity (Wildman–Crippen MR) is 68.9 cm³/mol. The molecular weight excluding hydrogens is 252 g/mol. The summed E-state index contributed by atoms with van der Waals surface area (Å²) in [6, 6.07) is 1.96. The van der Waals surface area contributed by atoms with Gasteiger partial charge < -0.3 is 4.90 Å². The molecule has 1 aliphatic heterocycles. The molecule has 0 N–H and O–H groups in total. The summed E-state index contributed by atoms with van der Waals surface area (Å²) in [6.45, 7) is 2.66. The van der Waals surface area contributed by atoms with E-state index in [-0.39, 0.29) is 5.25 Å². The van der Waals surface area contributed by atoms with Crippen molar-refractivity contribution in [3.63, 3.8) is 0 Å². The van der Waals surface area contributed by atoms with Gasteiger partial charge in [0, 0.05) is 39.3 Å². The maximum Gasteiger partial charge on any atom is 0.217 e. The molecule has 0 aromatic carbocycles. The second kappa shape index (κ2) is 4.24. The minimum atomic E-state index is -3.01. The lowest BCUT2D eigenvalue weighted by Gasteiger charge is -2.35. The van der Waals surface area contributed by atoms with Crippen molar-refractivity contribution in [2.75, 3.05) is 31.1 Å². The quantitative estimate of drug-likeness (QED) is 0.778. The van der Waals surface area contributed by atoms with E-state index in [1.807, 2.05) is 17.8 Å². The van der Waals surface area contributed by atoms with E-state index in [9.17, 15) is 8.42 Å². The molecule has 0 bridgehead atoms. The molecule has 3 rings (SSSR count). The molecule has 7 heteroatoms. The number of hydrogen-bond donors (Lipinski definition) is 0. The molecule has 0 radical (unpaired) electrons. The summed E-state index contributed by atoms with van der Waals surface area (Å²) in [7, 11) is -1.10. The van der Waals surface area contributed by atoms with E-state index < -0.39 is 10.0 Å². The van der Waals surface area contributed by atoms with Gasteiger partial charge in [-0.2, -0.15) is 9.40 Å². The summed E-state index contributed by atoms with van der Waals surface area (Å²) in [5.74, 6) is 1.05. The second-order valence-corrected chi connectivity index (χ2v) is 7.16. The molecule has 6 nitrogen and oxygen atoms in total. The first-order valence-electron chi connectivity index (χ1n) is 6.31. The molecule has 1 aromatic rings. The van der Waals surface area contributed by atoms with E-state index in [0.717, 1.165) is 31.7 Å². The van der Waals surface area contributed by atoms with Crippen LogP contribution in [0.1, 0.15) is 12.8 Å². The van der Waals surface area contributed by atoms with E-state index in [2.05, 4.69) is 10.00 Å². The Kier molecular flexibility index (Phi) is 2.82. The smallest absolute Gasteiger partial charge is 0.217 e. The van der Waals surface area contributed by atoms with Gasteiger partial charge in [-0.15, -0.1) is 0 Å². The first kappa shape index (κ1) is 12.0. The maximum absolute atomic E-state index is 12.1. The van der Waals surface area contributed by atoms with Gasteiger partial charge >= 0.3 is 0 Å². The van der Waals surface area contributed by atoms with Crippen LogP contribution in [0.5, 0.6) is 0 Å². The molecule has 1 aliphatic carbocycles. The number of piperazine rings is 1. The summed E-state index contributed by atoms with van der Waals surface area (Å²) in [5.41, 5.74) is 0. The van der Waals surface area contributed by atoms with Crippen LogP contribution in [0.15, 0.2) is 12.3 Å². The lowest BCUT2D eigenvalue weighted by molar-refractivity contribution is 0.381. The molecule has 0 spiro atoms. The fourth-order valence-corrected chi connectivity index (χ4v) is 4.25. The van der Waals surface area contributed by atoms with Crippen LogP contribution in [0, 0.1) is 0 Å². The van der Waals surface area contributed by atoms with Gasteiger partial charge in [-0.3, -0.25) is 4.68 Å². The van der Waals surface area contributed by atoms with Crippen LogP contribution in [0.2, 0.25) is 0 Å². The highest BCUT2D eigenvalue weighted by molar-refractivity contribution is 7.90. The topological polar surface area (TPSA) is 58.4 Å². The summed E-state index contributed by atoms with van der Waals surface area (Å²) in [5, 5.41) is 4.04. The molecule has 0 atom stereocenters. The van der Waals surface area contributed by atoms with Gasteiger partial charge in [0.05, 0.1) is 11.4 Å². The van der Waals surface area contributed by atoms with Crippen molar-refractivity contribution in [3.05, 3.63) is 12.3 Å². The number of aryl methyl sites for hydroxylation is 1. The van der Waals surface area contributed by atoms with E-state index in [1.165, 1.54) is 0 Å². The Balaban J connectivity index is 1.66. The molecule has 2 aliphatic rings. The van der Waals surface area contributed by atoms with Gasteiger partial charge in [-0.1, -0.05) is 0 Å². The number of rotatable bonds is 3. The molecular formula is C11H18N4O2S. The van der Waals surface area contributed by atoms with Crippen molar-refractivity contribution in [3.8, 4) is 0 Å². The Morgan fingerprint density at radius 3 is 2.39 bits per heavy atom. The summed E-state index contributed by atoms with van der Waals surface area (Å²) in [4.78, 5) is 2.19. The number of nitrogens with zero attached hydrogens (tertiary/aromatic N) is 4. The van der Waals surface area contributed by atoms with Gasteiger partial charge in [0.25, 0.3) is 0 Å². The average Bonchev–Trinajstić information content (AvgIpc) is 3.13. The monoisotopic (exact) mass is 270 g/mol. The molecule has 100 valence electrons. The van der Waals surface area contributed by atoms with Crippen LogP contribution < -0.4 is 4.90 Å². The number of sulfonamides is 1. The molecule has 0 unspecified atom stereocenters. The van der Waals surface area contributed by atoms with Crippen LogP contribution in [0.25, 0.3) is 0 Å². The lowest BCUT2D eigenvalue weighted by atomic mass is 10.3. The van der Waals surface area contributed by atoms with Crippen molar-refractivity contribution in [1.29, 1.82) is 0 Å². The third-order valence-corrected chi connectivity index (χ3v) is 6.06. The zero-order chi connectivity index (χ0) is 12.8. The number of hydrogen-bond acceptors (Lipinski definition) is 4. The Bertz CT molecular complexity index is 527. The maximum atomic E-state index is 12.1. The molecule has 2 heterocycles. The lowest BCUT2D eigenvalue weighted by Crippen LogP contribution is -2.50. The first-order chi connectivity index (χ1) is 8.59. The summed E-state index contributed by atoms with van der Waals surface area (Å²) < 4.78 is 27.7. The standard InChI is InChI=1S/C11H18N4O2S/c1-13-11(4-5-12-13)14-6-8-15(9-7-14)18(16,17)10-2-3-10/h4-5,10H,2-3,6-9H2,1H3. The highest BCUT2D eigenvalue weighted by Crippen LogP contribution is 2.31. The number of aromatic nitrogens is 2. The van der Waals surface area contributed by atoms with Gasteiger partial charge in [0.2, 0.25) is 10.0 Å².